The Hall–Kier alpha value is -2.47. The van der Waals surface area contributed by atoms with Gasteiger partial charge in [0.15, 0.2) is 0 Å². The first kappa shape index (κ1) is 19.3. The van der Waals surface area contributed by atoms with Gasteiger partial charge in [-0.1, -0.05) is 6.07 Å². The van der Waals surface area contributed by atoms with Crippen LogP contribution in [0.4, 0.5) is 19.7 Å². The summed E-state index contributed by atoms with van der Waals surface area (Å²) in [7, 11) is 1.24. The number of benzene rings is 1. The SMILES string of the molecule is COC(=O)NC[C@H]1CN(c2ccc(C3(C#N)CCSCC3)c(F)c2)C(=O)O1. The average Bonchev–Trinajstić information content (AvgIpc) is 3.07. The van der Waals surface area contributed by atoms with Gasteiger partial charge in [-0.2, -0.15) is 17.0 Å². The van der Waals surface area contributed by atoms with Crippen LogP contribution in [0.5, 0.6) is 0 Å². The third-order valence-electron chi connectivity index (χ3n) is 4.87. The average molecular weight is 393 g/mol. The number of ether oxygens (including phenoxy) is 2. The number of rotatable bonds is 4. The van der Waals surface area contributed by atoms with Crippen LogP contribution in [0.15, 0.2) is 18.2 Å². The lowest BCUT2D eigenvalue weighted by molar-refractivity contribution is 0.132. The summed E-state index contributed by atoms with van der Waals surface area (Å²) in [5.74, 6) is 1.15. The highest BCUT2D eigenvalue weighted by Crippen LogP contribution is 2.40. The molecule has 0 radical (unpaired) electrons. The lowest BCUT2D eigenvalue weighted by atomic mass is 9.76. The highest BCUT2D eigenvalue weighted by atomic mass is 32.2. The number of alkyl carbamates (subject to hydrolysis) is 1. The Morgan fingerprint density at radius 3 is 2.89 bits per heavy atom. The molecule has 0 aromatic heterocycles. The van der Waals surface area contributed by atoms with E-state index in [1.807, 2.05) is 0 Å². The molecule has 144 valence electrons. The van der Waals surface area contributed by atoms with E-state index in [1.54, 1.807) is 23.9 Å². The summed E-state index contributed by atoms with van der Waals surface area (Å²) in [6.07, 6.45) is -0.565. The number of carbonyl (C=O) groups excluding carboxylic acids is 2. The van der Waals surface area contributed by atoms with Crippen molar-refractivity contribution in [3.8, 4) is 6.07 Å². The molecule has 2 aliphatic heterocycles. The van der Waals surface area contributed by atoms with E-state index in [0.717, 1.165) is 11.5 Å². The zero-order chi connectivity index (χ0) is 19.4. The van der Waals surface area contributed by atoms with Crippen LogP contribution in [-0.2, 0) is 14.9 Å². The standard InChI is InChI=1S/C18H20FN3O4S/c1-25-16(23)21-9-13-10-22(17(24)26-13)12-2-3-14(15(19)8-12)18(11-20)4-6-27-7-5-18/h2-3,8,13H,4-7,9-10H2,1H3,(H,21,23)/t13-/m0/s1. The molecule has 2 fully saturated rings. The van der Waals surface area contributed by atoms with E-state index >= 15 is 0 Å². The van der Waals surface area contributed by atoms with Crippen molar-refractivity contribution in [3.63, 3.8) is 0 Å². The zero-order valence-corrected chi connectivity index (χ0v) is 15.7. The second kappa shape index (κ2) is 8.05. The molecule has 1 N–H and O–H groups in total. The third-order valence-corrected chi connectivity index (χ3v) is 5.86. The molecule has 2 heterocycles. The molecule has 0 spiro atoms. The summed E-state index contributed by atoms with van der Waals surface area (Å²) in [6.45, 7) is 0.284. The molecule has 1 aromatic carbocycles. The molecule has 2 amide bonds. The van der Waals surface area contributed by atoms with Gasteiger partial charge < -0.3 is 14.8 Å². The van der Waals surface area contributed by atoms with Crippen LogP contribution in [0, 0.1) is 17.1 Å². The van der Waals surface area contributed by atoms with Gasteiger partial charge in [0, 0.05) is 5.56 Å². The van der Waals surface area contributed by atoms with Crippen LogP contribution in [0.25, 0.3) is 0 Å². The van der Waals surface area contributed by atoms with E-state index in [1.165, 1.54) is 18.1 Å². The predicted molar refractivity (Wildman–Crippen MR) is 98.3 cm³/mol. The van der Waals surface area contributed by atoms with E-state index in [4.69, 9.17) is 4.74 Å². The van der Waals surface area contributed by atoms with Gasteiger partial charge in [-0.05, 0) is 36.5 Å². The molecule has 0 aliphatic carbocycles. The first-order valence-electron chi connectivity index (χ1n) is 8.58. The number of amides is 2. The first-order chi connectivity index (χ1) is 13.0. The maximum atomic E-state index is 14.8. The van der Waals surface area contributed by atoms with Gasteiger partial charge in [0.25, 0.3) is 0 Å². The van der Waals surface area contributed by atoms with E-state index in [9.17, 15) is 19.2 Å². The predicted octanol–water partition coefficient (Wildman–Crippen LogP) is 2.80. The molecule has 2 aliphatic rings. The number of carbonyl (C=O) groups is 2. The fourth-order valence-corrected chi connectivity index (χ4v) is 4.52. The Kier molecular flexibility index (Phi) is 5.75. The summed E-state index contributed by atoms with van der Waals surface area (Å²) in [6, 6.07) is 6.80. The van der Waals surface area contributed by atoms with Gasteiger partial charge in [-0.15, -0.1) is 0 Å². The number of cyclic esters (lactones) is 1. The largest absolute Gasteiger partial charge is 0.453 e. The van der Waals surface area contributed by atoms with Crippen LogP contribution in [0.1, 0.15) is 18.4 Å². The normalized spacial score (nSPS) is 21.3. The summed E-state index contributed by atoms with van der Waals surface area (Å²) < 4.78 is 24.5. The fraction of sp³-hybridized carbons (Fsp3) is 0.500. The Balaban J connectivity index is 1.75. The maximum Gasteiger partial charge on any atom is 0.414 e. The van der Waals surface area contributed by atoms with Gasteiger partial charge in [0.2, 0.25) is 0 Å². The van der Waals surface area contributed by atoms with Gasteiger partial charge in [0.1, 0.15) is 11.9 Å². The van der Waals surface area contributed by atoms with Crippen molar-refractivity contribution in [1.29, 1.82) is 5.26 Å². The number of thioether (sulfide) groups is 1. The third kappa shape index (κ3) is 3.95. The number of halogens is 1. The van der Waals surface area contributed by atoms with E-state index in [0.29, 0.717) is 24.1 Å². The topological polar surface area (TPSA) is 91.7 Å². The van der Waals surface area contributed by atoms with Crippen molar-refractivity contribution < 1.29 is 23.5 Å². The smallest absolute Gasteiger partial charge is 0.414 e. The summed E-state index contributed by atoms with van der Waals surface area (Å²) in [5, 5.41) is 12.1. The van der Waals surface area contributed by atoms with E-state index in [-0.39, 0.29) is 13.1 Å². The van der Waals surface area contributed by atoms with Crippen molar-refractivity contribution in [1.82, 2.24) is 5.32 Å². The Bertz CT molecular complexity index is 776. The minimum absolute atomic E-state index is 0.102. The lowest BCUT2D eigenvalue weighted by Gasteiger charge is -2.31. The highest BCUT2D eigenvalue weighted by Gasteiger charge is 2.38. The first-order valence-corrected chi connectivity index (χ1v) is 9.73. The van der Waals surface area contributed by atoms with E-state index in [2.05, 4.69) is 16.1 Å². The van der Waals surface area contributed by atoms with Crippen molar-refractivity contribution in [2.45, 2.75) is 24.4 Å². The Labute approximate surface area is 160 Å². The molecule has 7 nitrogen and oxygen atoms in total. The quantitative estimate of drug-likeness (QED) is 0.846. The molecular formula is C18H20FN3O4S. The van der Waals surface area contributed by atoms with Gasteiger partial charge in [-0.3, -0.25) is 4.90 Å². The fourth-order valence-electron chi connectivity index (χ4n) is 3.33. The Morgan fingerprint density at radius 2 is 2.26 bits per heavy atom. The molecule has 1 atom stereocenters. The number of methoxy groups -OCH3 is 1. The summed E-state index contributed by atoms with van der Waals surface area (Å²) in [4.78, 5) is 24.5. The molecule has 0 saturated carbocycles. The maximum absolute atomic E-state index is 14.8. The van der Waals surface area contributed by atoms with Crippen LogP contribution in [0.2, 0.25) is 0 Å². The second-order valence-corrected chi connectivity index (χ2v) is 7.68. The van der Waals surface area contributed by atoms with Crippen LogP contribution < -0.4 is 10.2 Å². The molecule has 0 unspecified atom stereocenters. The zero-order valence-electron chi connectivity index (χ0n) is 14.9. The van der Waals surface area contributed by atoms with Gasteiger partial charge in [-0.25, -0.2) is 14.0 Å². The van der Waals surface area contributed by atoms with Gasteiger partial charge >= 0.3 is 12.2 Å². The van der Waals surface area contributed by atoms with E-state index < -0.39 is 29.5 Å². The molecule has 3 rings (SSSR count). The molecule has 2 saturated heterocycles. The number of hydrogen-bond donors (Lipinski definition) is 1. The molecule has 9 heteroatoms. The molecular weight excluding hydrogens is 373 g/mol. The minimum Gasteiger partial charge on any atom is -0.453 e. The number of nitrogens with zero attached hydrogens (tertiary/aromatic N) is 2. The van der Waals surface area contributed by atoms with Crippen LogP contribution in [-0.4, -0.2) is 50.0 Å². The van der Waals surface area contributed by atoms with Crippen LogP contribution >= 0.6 is 11.8 Å². The summed E-state index contributed by atoms with van der Waals surface area (Å²) >= 11 is 1.76. The number of nitriles is 1. The number of anilines is 1. The Morgan fingerprint density at radius 1 is 1.52 bits per heavy atom. The number of nitrogens with one attached hydrogen (secondary N) is 1. The molecule has 27 heavy (non-hydrogen) atoms. The van der Waals surface area contributed by atoms with Crippen molar-refractivity contribution in [3.05, 3.63) is 29.6 Å². The van der Waals surface area contributed by atoms with Crippen molar-refractivity contribution >= 4 is 29.6 Å². The lowest BCUT2D eigenvalue weighted by Crippen LogP contribution is -2.34. The second-order valence-electron chi connectivity index (χ2n) is 6.46. The van der Waals surface area contributed by atoms with Crippen molar-refractivity contribution in [2.75, 3.05) is 36.6 Å². The highest BCUT2D eigenvalue weighted by molar-refractivity contribution is 7.99. The monoisotopic (exact) mass is 393 g/mol. The molecule has 0 bridgehead atoms. The summed E-state index contributed by atoms with van der Waals surface area (Å²) in [5.41, 5.74) is -0.0718. The number of hydrogen-bond acceptors (Lipinski definition) is 6. The minimum atomic E-state index is -0.813. The van der Waals surface area contributed by atoms with Crippen molar-refractivity contribution in [2.24, 2.45) is 0 Å². The van der Waals surface area contributed by atoms with Gasteiger partial charge in [0.05, 0.1) is 37.4 Å². The molecule has 1 aromatic rings. The van der Waals surface area contributed by atoms with Crippen LogP contribution in [0.3, 0.4) is 0 Å².